The van der Waals surface area contributed by atoms with Gasteiger partial charge in [0, 0.05) is 5.56 Å². The molecule has 0 bridgehead atoms. The van der Waals surface area contributed by atoms with Crippen LogP contribution in [-0.4, -0.2) is 25.8 Å². The largest absolute Gasteiger partial charge is 0.327 e. The van der Waals surface area contributed by atoms with E-state index in [1.165, 1.54) is 0 Å². The van der Waals surface area contributed by atoms with Crippen LogP contribution in [0.4, 0.5) is 17.6 Å². The number of halogens is 4. The van der Waals surface area contributed by atoms with Crippen molar-refractivity contribution in [2.24, 2.45) is 0 Å². The van der Waals surface area contributed by atoms with E-state index in [-0.39, 0.29) is 25.4 Å². The minimum atomic E-state index is -1.83. The number of benzene rings is 1. The van der Waals surface area contributed by atoms with Crippen LogP contribution >= 0.6 is 0 Å². The molecule has 0 aliphatic rings. The molecule has 0 heterocycles. The fourth-order valence-corrected chi connectivity index (χ4v) is 3.66. The third-order valence-corrected chi connectivity index (χ3v) is 5.30. The molecule has 1 rings (SSSR count). The summed E-state index contributed by atoms with van der Waals surface area (Å²) in [4.78, 5) is 0. The number of rotatable bonds is 18. The molecule has 0 saturated carbocycles. The molecule has 0 aromatic heterocycles. The molecular formula is C25H40F4O3. The average molecular weight is 465 g/mol. The van der Waals surface area contributed by atoms with Gasteiger partial charge < -0.3 is 14.2 Å². The Hall–Kier alpha value is -1.18. The van der Waals surface area contributed by atoms with E-state index in [0.717, 1.165) is 32.1 Å². The van der Waals surface area contributed by atoms with Crippen LogP contribution < -0.4 is 0 Å². The Balaban J connectivity index is 3.39. The number of hydrogen-bond donors (Lipinski definition) is 0. The molecule has 1 unspecified atom stereocenters. The SMILES string of the molecule is CCCCCCCCC(c1cc(F)c(F)c(F)c1F)C(OCCC)(OCCC)OCCC. The average Bonchev–Trinajstić information content (AvgIpc) is 2.80. The van der Waals surface area contributed by atoms with Crippen LogP contribution in [0.1, 0.15) is 103 Å². The maximum Gasteiger partial charge on any atom is 0.290 e. The van der Waals surface area contributed by atoms with Crippen molar-refractivity contribution in [3.63, 3.8) is 0 Å². The van der Waals surface area contributed by atoms with Crippen molar-refractivity contribution in [2.45, 2.75) is 104 Å². The molecule has 0 aliphatic heterocycles. The summed E-state index contributed by atoms with van der Waals surface area (Å²) in [7, 11) is 0. The first-order chi connectivity index (χ1) is 15.4. The quantitative estimate of drug-likeness (QED) is 0.0724. The van der Waals surface area contributed by atoms with Gasteiger partial charge in [-0.3, -0.25) is 0 Å². The smallest absolute Gasteiger partial charge is 0.290 e. The topological polar surface area (TPSA) is 27.7 Å². The van der Waals surface area contributed by atoms with Crippen LogP contribution in [0.2, 0.25) is 0 Å². The van der Waals surface area contributed by atoms with Crippen LogP contribution in [0, 0.1) is 23.3 Å². The van der Waals surface area contributed by atoms with Gasteiger partial charge in [0.1, 0.15) is 0 Å². The van der Waals surface area contributed by atoms with Crippen molar-refractivity contribution in [1.29, 1.82) is 0 Å². The van der Waals surface area contributed by atoms with Gasteiger partial charge in [0.15, 0.2) is 23.3 Å². The third-order valence-electron chi connectivity index (χ3n) is 5.30. The van der Waals surface area contributed by atoms with E-state index in [9.17, 15) is 17.6 Å². The lowest BCUT2D eigenvalue weighted by molar-refractivity contribution is -0.393. The van der Waals surface area contributed by atoms with Gasteiger partial charge in [-0.25, -0.2) is 17.6 Å². The maximum atomic E-state index is 14.9. The van der Waals surface area contributed by atoms with Crippen molar-refractivity contribution in [1.82, 2.24) is 0 Å². The Morgan fingerprint density at radius 1 is 0.656 bits per heavy atom. The zero-order valence-electron chi connectivity index (χ0n) is 20.1. The summed E-state index contributed by atoms with van der Waals surface area (Å²) >= 11 is 0. The van der Waals surface area contributed by atoms with Crippen LogP contribution in [0.5, 0.6) is 0 Å². The summed E-state index contributed by atoms with van der Waals surface area (Å²) < 4.78 is 74.9. The molecule has 0 aliphatic carbocycles. The fourth-order valence-electron chi connectivity index (χ4n) is 3.66. The highest BCUT2D eigenvalue weighted by molar-refractivity contribution is 5.27. The Kier molecular flexibility index (Phi) is 14.1. The second kappa shape index (κ2) is 15.6. The highest BCUT2D eigenvalue weighted by atomic mass is 19.2. The minimum absolute atomic E-state index is 0.258. The van der Waals surface area contributed by atoms with E-state index in [1.54, 1.807) is 0 Å². The van der Waals surface area contributed by atoms with Gasteiger partial charge in [-0.2, -0.15) is 0 Å². The predicted molar refractivity (Wildman–Crippen MR) is 118 cm³/mol. The first-order valence-electron chi connectivity index (χ1n) is 12.1. The Morgan fingerprint density at radius 2 is 1.16 bits per heavy atom. The Morgan fingerprint density at radius 3 is 1.66 bits per heavy atom. The van der Waals surface area contributed by atoms with E-state index in [2.05, 4.69) is 6.92 Å². The molecule has 1 aromatic rings. The monoisotopic (exact) mass is 464 g/mol. The van der Waals surface area contributed by atoms with Gasteiger partial charge in [0.05, 0.1) is 25.7 Å². The second-order valence-electron chi connectivity index (χ2n) is 8.15. The fraction of sp³-hybridized carbons (Fsp3) is 0.760. The van der Waals surface area contributed by atoms with E-state index in [4.69, 9.17) is 14.2 Å². The molecule has 3 nitrogen and oxygen atoms in total. The highest BCUT2D eigenvalue weighted by Gasteiger charge is 2.45. The maximum absolute atomic E-state index is 14.9. The zero-order valence-corrected chi connectivity index (χ0v) is 20.1. The Bertz CT molecular complexity index is 633. The number of hydrogen-bond acceptors (Lipinski definition) is 3. The first kappa shape index (κ1) is 28.9. The van der Waals surface area contributed by atoms with Gasteiger partial charge in [-0.05, 0) is 31.7 Å². The molecule has 0 amide bonds. The summed E-state index contributed by atoms with van der Waals surface area (Å²) in [5.41, 5.74) is -0.321. The normalized spacial score (nSPS) is 13.0. The van der Waals surface area contributed by atoms with Crippen molar-refractivity contribution < 1.29 is 31.8 Å². The third kappa shape index (κ3) is 8.31. The van der Waals surface area contributed by atoms with Gasteiger partial charge >= 0.3 is 0 Å². The first-order valence-corrected chi connectivity index (χ1v) is 12.1. The van der Waals surface area contributed by atoms with E-state index >= 15 is 0 Å². The van der Waals surface area contributed by atoms with Gasteiger partial charge in [0.25, 0.3) is 5.97 Å². The van der Waals surface area contributed by atoms with E-state index < -0.39 is 35.2 Å². The summed E-state index contributed by atoms with van der Waals surface area (Å²) in [5, 5.41) is 0. The summed E-state index contributed by atoms with van der Waals surface area (Å²) in [6, 6.07) is 0.712. The molecule has 186 valence electrons. The zero-order chi connectivity index (χ0) is 24.0. The lowest BCUT2D eigenvalue weighted by Gasteiger charge is -2.40. The highest BCUT2D eigenvalue weighted by Crippen LogP contribution is 2.41. The van der Waals surface area contributed by atoms with Crippen molar-refractivity contribution in [3.8, 4) is 0 Å². The van der Waals surface area contributed by atoms with Crippen LogP contribution in [0.15, 0.2) is 6.07 Å². The molecule has 0 spiro atoms. The van der Waals surface area contributed by atoms with Crippen LogP contribution in [0.25, 0.3) is 0 Å². The summed E-state index contributed by atoms with van der Waals surface area (Å²) in [6.07, 6.45) is 8.13. The lowest BCUT2D eigenvalue weighted by Crippen LogP contribution is -2.46. The van der Waals surface area contributed by atoms with Gasteiger partial charge in [0.2, 0.25) is 0 Å². The van der Waals surface area contributed by atoms with Gasteiger partial charge in [-0.1, -0.05) is 66.2 Å². The molecule has 0 radical (unpaired) electrons. The second-order valence-corrected chi connectivity index (χ2v) is 8.15. The van der Waals surface area contributed by atoms with Crippen molar-refractivity contribution in [3.05, 3.63) is 34.9 Å². The Labute approximate surface area is 190 Å². The molecule has 32 heavy (non-hydrogen) atoms. The van der Waals surface area contributed by atoms with Crippen molar-refractivity contribution in [2.75, 3.05) is 19.8 Å². The molecule has 0 fully saturated rings. The molecular weight excluding hydrogens is 424 g/mol. The van der Waals surface area contributed by atoms with Crippen molar-refractivity contribution >= 4 is 0 Å². The molecule has 0 saturated heterocycles. The van der Waals surface area contributed by atoms with E-state index in [1.807, 2.05) is 20.8 Å². The summed E-state index contributed by atoms with van der Waals surface area (Å²) in [6.45, 7) is 8.63. The molecule has 1 atom stereocenters. The van der Waals surface area contributed by atoms with Gasteiger partial charge in [-0.15, -0.1) is 0 Å². The predicted octanol–water partition coefficient (Wildman–Crippen LogP) is 8.01. The standard InChI is InChI=1S/C25H40F4O3/c1-5-9-10-11-12-13-14-20(19-18-21(26)23(28)24(29)22(19)27)25(30-15-6-2,31-16-7-3)32-17-8-4/h18,20H,5-17H2,1-4H3. The lowest BCUT2D eigenvalue weighted by atomic mass is 9.89. The number of ether oxygens (including phenoxy) is 3. The molecule has 1 aromatic carbocycles. The molecule has 7 heteroatoms. The molecule has 0 N–H and O–H groups in total. The van der Waals surface area contributed by atoms with Crippen LogP contribution in [0.3, 0.4) is 0 Å². The summed E-state index contributed by atoms with van der Waals surface area (Å²) in [5.74, 6) is -9.19. The minimum Gasteiger partial charge on any atom is -0.327 e. The van der Waals surface area contributed by atoms with E-state index in [0.29, 0.717) is 38.2 Å². The number of unbranched alkanes of at least 4 members (excludes halogenated alkanes) is 5. The van der Waals surface area contributed by atoms with Crippen LogP contribution in [-0.2, 0) is 14.2 Å².